The number of nitrogens with zero attached hydrogens (tertiary/aromatic N) is 4. The summed E-state index contributed by atoms with van der Waals surface area (Å²) in [7, 11) is 0. The van der Waals surface area contributed by atoms with E-state index in [0.717, 1.165) is 58.1 Å². The van der Waals surface area contributed by atoms with Crippen LogP contribution in [0.2, 0.25) is 0 Å². The van der Waals surface area contributed by atoms with Gasteiger partial charge < -0.3 is 20.0 Å². The zero-order valence-corrected chi connectivity index (χ0v) is 31.0. The molecule has 1 amide bonds. The topological polar surface area (TPSA) is 101 Å². The number of aromatic amines is 2. The molecule has 5 atom stereocenters. The lowest BCUT2D eigenvalue weighted by Gasteiger charge is -2.38. The maximum atomic E-state index is 13.8. The molecule has 8 rings (SSSR count). The number of rotatable bonds is 8. The van der Waals surface area contributed by atoms with Gasteiger partial charge in [0.1, 0.15) is 17.9 Å². The molecule has 2 saturated carbocycles. The van der Waals surface area contributed by atoms with Crippen LogP contribution in [0.4, 0.5) is 17.6 Å². The van der Waals surface area contributed by atoms with Crippen molar-refractivity contribution in [3.63, 3.8) is 0 Å². The molecular weight excluding hydrogens is 696 g/mol. The lowest BCUT2D eigenvalue weighted by molar-refractivity contribution is -0.141. The van der Waals surface area contributed by atoms with E-state index in [4.69, 9.17) is 9.97 Å². The van der Waals surface area contributed by atoms with E-state index < -0.39 is 18.1 Å². The third kappa shape index (κ3) is 7.35. The number of imidazole rings is 2. The van der Waals surface area contributed by atoms with Gasteiger partial charge in [-0.1, -0.05) is 62.4 Å². The predicted molar refractivity (Wildman–Crippen MR) is 198 cm³/mol. The van der Waals surface area contributed by atoms with E-state index in [2.05, 4.69) is 65.1 Å². The number of hydrogen-bond acceptors (Lipinski definition) is 5. The molecule has 288 valence electrons. The zero-order valence-electron chi connectivity index (χ0n) is 31.0. The molecule has 0 spiro atoms. The number of alkyl halides is 4. The molecule has 2 aromatic carbocycles. The van der Waals surface area contributed by atoms with Crippen molar-refractivity contribution in [2.75, 3.05) is 13.1 Å². The maximum absolute atomic E-state index is 13.8. The molecule has 4 heterocycles. The van der Waals surface area contributed by atoms with Crippen LogP contribution in [0.15, 0.2) is 60.9 Å². The van der Waals surface area contributed by atoms with Gasteiger partial charge in [0.2, 0.25) is 17.8 Å². The second kappa shape index (κ2) is 14.6. The Balaban J connectivity index is 0.916. The van der Waals surface area contributed by atoms with Gasteiger partial charge >= 0.3 is 0 Å². The number of H-pyrrole nitrogens is 2. The first-order chi connectivity index (χ1) is 25.9. The van der Waals surface area contributed by atoms with Crippen LogP contribution in [0.3, 0.4) is 0 Å². The van der Waals surface area contributed by atoms with E-state index >= 15 is 0 Å². The molecule has 3 N–H and O–H groups in total. The van der Waals surface area contributed by atoms with Gasteiger partial charge in [-0.15, -0.1) is 0 Å². The summed E-state index contributed by atoms with van der Waals surface area (Å²) in [5.74, 6) is -3.85. The van der Waals surface area contributed by atoms with Crippen molar-refractivity contribution in [1.29, 1.82) is 0 Å². The van der Waals surface area contributed by atoms with E-state index in [1.54, 1.807) is 6.20 Å². The van der Waals surface area contributed by atoms with Crippen molar-refractivity contribution in [1.82, 2.24) is 29.7 Å². The van der Waals surface area contributed by atoms with Crippen LogP contribution >= 0.6 is 0 Å². The average Bonchev–Trinajstić information content (AvgIpc) is 3.98. The van der Waals surface area contributed by atoms with Gasteiger partial charge in [-0.05, 0) is 78.5 Å². The fraction of sp³-hybridized carbons (Fsp3) is 0.548. The first kappa shape index (κ1) is 36.9. The standard InChI is InChI=1S/C42H50F4N6O2/c1-25-15-21-51(39(53)31-11-17-41(43,44)18-12-31)35(25)37-47-23-33(49-37)29-7-3-27(4-8-29)28-5-9-30(10-6-28)34-24-48-38(50-34)36-26(2)16-22-52(36)40(54)32-13-19-42(45,46)20-14-32/h3-10,23-26,31-32,35-36,39,53H,11-22H2,1-2H3,(H,47,49)(H,48,50)/t25-,26-,35-,36?,39?/m0/s1. The Morgan fingerprint density at radius 2 is 1.13 bits per heavy atom. The van der Waals surface area contributed by atoms with E-state index in [1.165, 1.54) is 0 Å². The van der Waals surface area contributed by atoms with Gasteiger partial charge in [-0.3, -0.25) is 9.69 Å². The molecule has 4 aliphatic rings. The van der Waals surface area contributed by atoms with Crippen LogP contribution in [0.5, 0.6) is 0 Å². The molecule has 4 aromatic rings. The fourth-order valence-electron chi connectivity index (χ4n) is 9.42. The molecule has 2 aromatic heterocycles. The molecule has 8 nitrogen and oxygen atoms in total. The van der Waals surface area contributed by atoms with E-state index in [0.29, 0.717) is 25.9 Å². The van der Waals surface area contributed by atoms with Crippen molar-refractivity contribution < 1.29 is 27.5 Å². The van der Waals surface area contributed by atoms with E-state index in [9.17, 15) is 27.5 Å². The van der Waals surface area contributed by atoms with Crippen molar-refractivity contribution >= 4 is 5.91 Å². The van der Waals surface area contributed by atoms with Crippen molar-refractivity contribution in [2.24, 2.45) is 23.7 Å². The van der Waals surface area contributed by atoms with Gasteiger partial charge in [-0.2, -0.15) is 0 Å². The highest BCUT2D eigenvalue weighted by atomic mass is 19.3. The summed E-state index contributed by atoms with van der Waals surface area (Å²) in [6.07, 6.45) is 4.94. The van der Waals surface area contributed by atoms with Crippen molar-refractivity contribution in [3.05, 3.63) is 72.6 Å². The second-order valence-corrected chi connectivity index (χ2v) is 16.4. The molecule has 4 fully saturated rings. The normalized spacial score (nSPS) is 27.1. The molecular formula is C42H50F4N6O2. The number of amides is 1. The summed E-state index contributed by atoms with van der Waals surface area (Å²) in [4.78, 5) is 33.8. The van der Waals surface area contributed by atoms with Crippen LogP contribution in [0.1, 0.15) is 102 Å². The van der Waals surface area contributed by atoms with Gasteiger partial charge in [0, 0.05) is 44.7 Å². The highest BCUT2D eigenvalue weighted by Gasteiger charge is 2.45. The number of halogens is 4. The van der Waals surface area contributed by atoms with Gasteiger partial charge in [0.15, 0.2) is 0 Å². The Bertz CT molecular complexity index is 1910. The van der Waals surface area contributed by atoms with Gasteiger partial charge in [0.25, 0.3) is 0 Å². The minimum absolute atomic E-state index is 0.0283. The van der Waals surface area contributed by atoms with E-state index in [1.807, 2.05) is 23.2 Å². The van der Waals surface area contributed by atoms with Crippen LogP contribution in [-0.2, 0) is 4.79 Å². The van der Waals surface area contributed by atoms with Crippen LogP contribution in [0, 0.1) is 23.7 Å². The van der Waals surface area contributed by atoms with Crippen LogP contribution < -0.4 is 0 Å². The summed E-state index contributed by atoms with van der Waals surface area (Å²) in [5.41, 5.74) is 5.81. The minimum atomic E-state index is -2.66. The Kier molecular flexibility index (Phi) is 9.96. The first-order valence-electron chi connectivity index (χ1n) is 19.7. The minimum Gasteiger partial charge on any atom is -0.378 e. The van der Waals surface area contributed by atoms with Gasteiger partial charge in [-0.25, -0.2) is 27.5 Å². The molecule has 2 aliphatic carbocycles. The molecule has 12 heteroatoms. The zero-order chi connectivity index (χ0) is 37.8. The molecule has 0 bridgehead atoms. The summed E-state index contributed by atoms with van der Waals surface area (Å²) < 4.78 is 55.1. The highest BCUT2D eigenvalue weighted by Crippen LogP contribution is 2.44. The molecule has 54 heavy (non-hydrogen) atoms. The van der Waals surface area contributed by atoms with Crippen LogP contribution in [0.25, 0.3) is 33.6 Å². The first-order valence-corrected chi connectivity index (χ1v) is 19.7. The Morgan fingerprint density at radius 1 is 0.685 bits per heavy atom. The Labute approximate surface area is 313 Å². The number of aliphatic hydroxyl groups is 1. The molecule has 0 radical (unpaired) electrons. The second-order valence-electron chi connectivity index (χ2n) is 16.4. The number of hydrogen-bond donors (Lipinski definition) is 3. The van der Waals surface area contributed by atoms with Crippen molar-refractivity contribution in [2.45, 2.75) is 108 Å². The SMILES string of the molecule is C[C@H]1CCN(C(=O)C2CCC(F)(F)CC2)C1c1ncc(-c2ccc(-c3ccc(-c4cnc([C@@H]5[C@@H](C)CCN5C(O)C5CCC(F)(F)CC5)[nH]4)cc3)cc2)[nH]1. The lowest BCUT2D eigenvalue weighted by atomic mass is 9.85. The van der Waals surface area contributed by atoms with Crippen LogP contribution in [-0.4, -0.2) is 71.9 Å². The smallest absolute Gasteiger partial charge is 0.248 e. The quantitative estimate of drug-likeness (QED) is 0.156. The predicted octanol–water partition coefficient (Wildman–Crippen LogP) is 9.40. The number of nitrogens with one attached hydrogen (secondary N) is 2. The van der Waals surface area contributed by atoms with Crippen molar-refractivity contribution in [3.8, 4) is 33.6 Å². The number of carbonyl (C=O) groups excluding carboxylic acids is 1. The molecule has 2 unspecified atom stereocenters. The number of aliphatic hydroxyl groups excluding tert-OH is 1. The maximum Gasteiger partial charge on any atom is 0.248 e. The monoisotopic (exact) mass is 746 g/mol. The summed E-state index contributed by atoms with van der Waals surface area (Å²) in [5, 5.41) is 11.3. The third-order valence-electron chi connectivity index (χ3n) is 12.8. The number of likely N-dealkylation sites (tertiary alicyclic amines) is 2. The summed E-state index contributed by atoms with van der Waals surface area (Å²) in [6.45, 7) is 5.58. The highest BCUT2D eigenvalue weighted by molar-refractivity contribution is 5.80. The molecule has 2 saturated heterocycles. The number of benzene rings is 2. The lowest BCUT2D eigenvalue weighted by Crippen LogP contribution is -2.43. The fourth-order valence-corrected chi connectivity index (χ4v) is 9.42. The number of aromatic nitrogens is 4. The largest absolute Gasteiger partial charge is 0.378 e. The van der Waals surface area contributed by atoms with E-state index in [-0.39, 0.29) is 80.2 Å². The number of carbonyl (C=O) groups is 1. The Morgan fingerprint density at radius 3 is 1.67 bits per heavy atom. The molecule has 2 aliphatic heterocycles. The summed E-state index contributed by atoms with van der Waals surface area (Å²) in [6, 6.07) is 16.2. The average molecular weight is 747 g/mol. The Hall–Kier alpha value is -4.03. The summed E-state index contributed by atoms with van der Waals surface area (Å²) >= 11 is 0. The van der Waals surface area contributed by atoms with Gasteiger partial charge in [0.05, 0.1) is 35.9 Å². The third-order valence-corrected chi connectivity index (χ3v) is 12.8.